The summed E-state index contributed by atoms with van der Waals surface area (Å²) in [5, 5.41) is 4.29. The molecule has 1 amide bonds. The Morgan fingerprint density at radius 2 is 1.61 bits per heavy atom. The maximum atomic E-state index is 13.2. The highest BCUT2D eigenvalue weighted by Gasteiger charge is 2.41. The molecule has 1 N–H and O–H groups in total. The van der Waals surface area contributed by atoms with Gasteiger partial charge in [0.1, 0.15) is 0 Å². The third kappa shape index (κ3) is 4.91. The Bertz CT molecular complexity index is 936. The molecule has 0 bridgehead atoms. The maximum absolute atomic E-state index is 13.2. The topological polar surface area (TPSA) is 35.6 Å². The lowest BCUT2D eigenvalue weighted by atomic mass is 9.99. The van der Waals surface area contributed by atoms with Crippen molar-refractivity contribution in [1.29, 1.82) is 0 Å². The summed E-state index contributed by atoms with van der Waals surface area (Å²) in [6.07, 6.45) is 1.11. The van der Waals surface area contributed by atoms with Gasteiger partial charge in [-0.3, -0.25) is 4.79 Å². The quantitative estimate of drug-likeness (QED) is 0.637. The van der Waals surface area contributed by atoms with Crippen LogP contribution in [0, 0.1) is 39.5 Å². The monoisotopic (exact) mass is 439 g/mol. The van der Waals surface area contributed by atoms with Crippen molar-refractivity contribution in [3.05, 3.63) is 63.2 Å². The van der Waals surface area contributed by atoms with Crippen LogP contribution >= 0.6 is 11.6 Å². The van der Waals surface area contributed by atoms with E-state index in [1.807, 2.05) is 13.0 Å². The number of carbonyl (C=O) groups is 1. The van der Waals surface area contributed by atoms with Gasteiger partial charge in [0, 0.05) is 49.0 Å². The first-order valence-electron chi connectivity index (χ1n) is 11.4. The number of carbonyl (C=O) groups excluding carboxylic acids is 1. The van der Waals surface area contributed by atoms with E-state index in [-0.39, 0.29) is 5.91 Å². The number of fused-ring (bicyclic) bond motifs is 1. The van der Waals surface area contributed by atoms with Crippen LogP contribution in [0.15, 0.2) is 30.3 Å². The lowest BCUT2D eigenvalue weighted by Gasteiger charge is -2.23. The fourth-order valence-corrected chi connectivity index (χ4v) is 5.53. The van der Waals surface area contributed by atoms with Gasteiger partial charge in [0.15, 0.2) is 0 Å². The number of nitrogens with one attached hydrogen (secondary N) is 1. The molecule has 4 rings (SSSR count). The summed E-state index contributed by atoms with van der Waals surface area (Å²) >= 11 is 6.21. The molecule has 166 valence electrons. The standard InChI is InChI=1S/C26H34ClN3O/c1-17-10-19(3)25(20(4)11-17)26(31)30-15-21-13-29(14-22(21)16-30)9-5-8-28-23-7-6-18(2)24(27)12-23/h6-7,10-12,21-22,28H,5,8-9,13-16H2,1-4H3. The van der Waals surface area contributed by atoms with Gasteiger partial charge in [0.2, 0.25) is 0 Å². The molecule has 2 saturated heterocycles. The highest BCUT2D eigenvalue weighted by molar-refractivity contribution is 6.31. The molecule has 2 aromatic rings. The van der Waals surface area contributed by atoms with Crippen molar-refractivity contribution in [3.63, 3.8) is 0 Å². The number of amides is 1. The molecule has 0 aliphatic carbocycles. The number of aryl methyl sites for hydroxylation is 4. The van der Waals surface area contributed by atoms with Crippen molar-refractivity contribution < 1.29 is 4.79 Å². The van der Waals surface area contributed by atoms with Crippen LogP contribution in [0.3, 0.4) is 0 Å². The van der Waals surface area contributed by atoms with Crippen LogP contribution in [0.5, 0.6) is 0 Å². The van der Waals surface area contributed by atoms with E-state index in [0.717, 1.165) is 78.7 Å². The number of likely N-dealkylation sites (tertiary alicyclic amines) is 2. The Hall–Kier alpha value is -2.04. The largest absolute Gasteiger partial charge is 0.385 e. The molecule has 2 unspecified atom stereocenters. The van der Waals surface area contributed by atoms with Gasteiger partial charge < -0.3 is 15.1 Å². The van der Waals surface area contributed by atoms with Crippen LogP contribution in [0.25, 0.3) is 0 Å². The third-order valence-electron chi connectivity index (χ3n) is 6.89. The molecule has 31 heavy (non-hydrogen) atoms. The molecule has 0 spiro atoms. The van der Waals surface area contributed by atoms with Crippen LogP contribution in [-0.4, -0.2) is 55.0 Å². The van der Waals surface area contributed by atoms with Crippen LogP contribution in [0.2, 0.25) is 5.02 Å². The number of hydrogen-bond donors (Lipinski definition) is 1. The lowest BCUT2D eigenvalue weighted by Crippen LogP contribution is -2.34. The minimum Gasteiger partial charge on any atom is -0.385 e. The number of benzene rings is 2. The highest BCUT2D eigenvalue weighted by atomic mass is 35.5. The summed E-state index contributed by atoms with van der Waals surface area (Å²) in [6, 6.07) is 10.4. The van der Waals surface area contributed by atoms with Crippen molar-refractivity contribution in [3.8, 4) is 0 Å². The Morgan fingerprint density at radius 1 is 0.968 bits per heavy atom. The fraction of sp³-hybridized carbons (Fsp3) is 0.500. The van der Waals surface area contributed by atoms with Crippen LogP contribution < -0.4 is 5.32 Å². The van der Waals surface area contributed by atoms with Crippen LogP contribution in [0.1, 0.15) is 39.0 Å². The third-order valence-corrected chi connectivity index (χ3v) is 7.30. The van der Waals surface area contributed by atoms with Crippen LogP contribution in [-0.2, 0) is 0 Å². The summed E-state index contributed by atoms with van der Waals surface area (Å²) in [5.74, 6) is 1.44. The molecule has 2 aromatic carbocycles. The molecule has 0 saturated carbocycles. The van der Waals surface area contributed by atoms with E-state index in [2.05, 4.69) is 60.2 Å². The van der Waals surface area contributed by atoms with E-state index in [1.165, 1.54) is 5.56 Å². The maximum Gasteiger partial charge on any atom is 0.254 e. The van der Waals surface area contributed by atoms with Crippen molar-refractivity contribution in [2.24, 2.45) is 11.8 Å². The van der Waals surface area contributed by atoms with Crippen molar-refractivity contribution >= 4 is 23.2 Å². The highest BCUT2D eigenvalue weighted by Crippen LogP contribution is 2.33. The molecular formula is C26H34ClN3O. The molecule has 5 heteroatoms. The second kappa shape index (κ2) is 9.22. The van der Waals surface area contributed by atoms with E-state index in [4.69, 9.17) is 11.6 Å². The molecule has 2 fully saturated rings. The Labute approximate surface area is 191 Å². The molecule has 0 radical (unpaired) electrons. The smallest absolute Gasteiger partial charge is 0.254 e. The Balaban J connectivity index is 1.24. The fourth-order valence-electron chi connectivity index (χ4n) is 5.35. The van der Waals surface area contributed by atoms with E-state index in [1.54, 1.807) is 0 Å². The summed E-state index contributed by atoms with van der Waals surface area (Å²) in [6.45, 7) is 14.3. The van der Waals surface area contributed by atoms with E-state index in [9.17, 15) is 4.79 Å². The SMILES string of the molecule is Cc1cc(C)c(C(=O)N2CC3CN(CCCNc4ccc(C)c(Cl)c4)CC3C2)c(C)c1. The first kappa shape index (κ1) is 22.2. The first-order valence-corrected chi connectivity index (χ1v) is 11.8. The first-order chi connectivity index (χ1) is 14.8. The lowest BCUT2D eigenvalue weighted by molar-refractivity contribution is 0.0772. The van der Waals surface area contributed by atoms with Crippen molar-refractivity contribution in [1.82, 2.24) is 9.80 Å². The zero-order chi connectivity index (χ0) is 22.1. The van der Waals surface area contributed by atoms with Gasteiger partial charge in [-0.25, -0.2) is 0 Å². The molecule has 0 aromatic heterocycles. The van der Waals surface area contributed by atoms with Crippen LogP contribution in [0.4, 0.5) is 5.69 Å². The molecule has 4 nitrogen and oxygen atoms in total. The number of hydrogen-bond acceptors (Lipinski definition) is 3. The zero-order valence-electron chi connectivity index (χ0n) is 19.2. The zero-order valence-corrected chi connectivity index (χ0v) is 19.9. The molecule has 2 heterocycles. The normalized spacial score (nSPS) is 20.9. The molecular weight excluding hydrogens is 406 g/mol. The van der Waals surface area contributed by atoms with Crippen molar-refractivity contribution in [2.75, 3.05) is 44.6 Å². The van der Waals surface area contributed by atoms with E-state index < -0.39 is 0 Å². The van der Waals surface area contributed by atoms with Gasteiger partial charge in [0.25, 0.3) is 5.91 Å². The molecule has 2 aliphatic heterocycles. The average Bonchev–Trinajstić information content (AvgIpc) is 3.26. The average molecular weight is 440 g/mol. The van der Waals surface area contributed by atoms with Gasteiger partial charge in [-0.2, -0.15) is 0 Å². The predicted molar refractivity (Wildman–Crippen MR) is 129 cm³/mol. The predicted octanol–water partition coefficient (Wildman–Crippen LogP) is 5.08. The second-order valence-electron chi connectivity index (χ2n) is 9.51. The number of halogens is 1. The molecule has 2 atom stereocenters. The Morgan fingerprint density at radius 3 is 2.23 bits per heavy atom. The minimum atomic E-state index is 0.219. The number of anilines is 1. The number of rotatable bonds is 6. The summed E-state index contributed by atoms with van der Waals surface area (Å²) < 4.78 is 0. The summed E-state index contributed by atoms with van der Waals surface area (Å²) in [5.41, 5.74) is 6.53. The Kier molecular flexibility index (Phi) is 6.59. The minimum absolute atomic E-state index is 0.219. The molecule has 2 aliphatic rings. The van der Waals surface area contributed by atoms with Gasteiger partial charge >= 0.3 is 0 Å². The van der Waals surface area contributed by atoms with Crippen molar-refractivity contribution in [2.45, 2.75) is 34.1 Å². The van der Waals surface area contributed by atoms with E-state index >= 15 is 0 Å². The van der Waals surface area contributed by atoms with Gasteiger partial charge in [0.05, 0.1) is 0 Å². The van der Waals surface area contributed by atoms with Gasteiger partial charge in [-0.1, -0.05) is 35.4 Å². The van der Waals surface area contributed by atoms with Gasteiger partial charge in [-0.15, -0.1) is 0 Å². The van der Waals surface area contributed by atoms with Gasteiger partial charge in [-0.05, 0) is 81.3 Å². The summed E-state index contributed by atoms with van der Waals surface area (Å²) in [4.78, 5) is 17.9. The second-order valence-corrected chi connectivity index (χ2v) is 9.92. The number of nitrogens with zero attached hydrogens (tertiary/aromatic N) is 2. The van der Waals surface area contributed by atoms with E-state index in [0.29, 0.717) is 11.8 Å². The summed E-state index contributed by atoms with van der Waals surface area (Å²) in [7, 11) is 0.